The zero-order valence-electron chi connectivity index (χ0n) is 16.4. The maximum Gasteiger partial charge on any atom is 0.279 e. The van der Waals surface area contributed by atoms with Crippen LogP contribution in [0.2, 0.25) is 0 Å². The van der Waals surface area contributed by atoms with E-state index in [9.17, 15) is 9.59 Å². The average molecular weight is 411 g/mol. The Hall–Kier alpha value is -3.16. The lowest BCUT2D eigenvalue weighted by atomic mass is 10.2. The van der Waals surface area contributed by atoms with Gasteiger partial charge in [-0.25, -0.2) is 0 Å². The number of quaternary nitrogens is 1. The molecule has 3 rings (SSSR count). The molecule has 3 aromatic rings. The fourth-order valence-corrected chi connectivity index (χ4v) is 3.65. The fraction of sp³-hybridized carbons (Fsp3) is 0.182. The van der Waals surface area contributed by atoms with Crippen LogP contribution in [0, 0.1) is 0 Å². The van der Waals surface area contributed by atoms with E-state index < -0.39 is 0 Å². The summed E-state index contributed by atoms with van der Waals surface area (Å²) in [6, 6.07) is 18.1. The summed E-state index contributed by atoms with van der Waals surface area (Å²) in [5.74, 6) is 0.452. The van der Waals surface area contributed by atoms with Gasteiger partial charge in [-0.2, -0.15) is 0 Å². The largest absolute Gasteiger partial charge is 0.497 e. The van der Waals surface area contributed by atoms with Gasteiger partial charge in [0.2, 0.25) is 0 Å². The molecule has 0 saturated heterocycles. The quantitative estimate of drug-likeness (QED) is 0.535. The minimum Gasteiger partial charge on any atom is -0.497 e. The van der Waals surface area contributed by atoms with Crippen molar-refractivity contribution in [2.45, 2.75) is 6.54 Å². The van der Waals surface area contributed by atoms with E-state index in [0.717, 1.165) is 17.2 Å². The van der Waals surface area contributed by atoms with Crippen molar-refractivity contribution in [3.63, 3.8) is 0 Å². The highest BCUT2D eigenvalue weighted by Crippen LogP contribution is 2.16. The summed E-state index contributed by atoms with van der Waals surface area (Å²) in [5.41, 5.74) is 1.86. The summed E-state index contributed by atoms with van der Waals surface area (Å²) in [4.78, 5) is 27.0. The van der Waals surface area contributed by atoms with E-state index in [4.69, 9.17) is 4.74 Å². The number of hydrogen-bond donors (Lipinski definition) is 3. The van der Waals surface area contributed by atoms with Crippen molar-refractivity contribution in [1.82, 2.24) is 0 Å². The van der Waals surface area contributed by atoms with E-state index >= 15 is 0 Å². The molecule has 0 aliphatic rings. The Morgan fingerprint density at radius 2 is 1.62 bits per heavy atom. The molecule has 150 valence electrons. The lowest BCUT2D eigenvalue weighted by Gasteiger charge is -2.13. The lowest BCUT2D eigenvalue weighted by Crippen LogP contribution is -3.08. The summed E-state index contributed by atoms with van der Waals surface area (Å²) in [6.07, 6.45) is 0. The summed E-state index contributed by atoms with van der Waals surface area (Å²) >= 11 is 1.69. The van der Waals surface area contributed by atoms with Gasteiger partial charge < -0.3 is 20.3 Å². The highest BCUT2D eigenvalue weighted by atomic mass is 32.1. The Bertz CT molecular complexity index is 938. The van der Waals surface area contributed by atoms with Crippen LogP contribution in [0.15, 0.2) is 66.0 Å². The first-order valence-electron chi connectivity index (χ1n) is 9.22. The smallest absolute Gasteiger partial charge is 0.279 e. The second-order valence-electron chi connectivity index (χ2n) is 6.70. The summed E-state index contributed by atoms with van der Waals surface area (Å²) in [7, 11) is 3.59. The van der Waals surface area contributed by atoms with E-state index in [-0.39, 0.29) is 11.8 Å². The van der Waals surface area contributed by atoms with E-state index in [0.29, 0.717) is 23.5 Å². The normalized spacial score (nSPS) is 11.5. The Kier molecular flexibility index (Phi) is 6.99. The molecule has 1 atom stereocenters. The molecule has 0 saturated carbocycles. The molecule has 7 heteroatoms. The molecule has 3 N–H and O–H groups in total. The first kappa shape index (κ1) is 20.6. The molecule has 6 nitrogen and oxygen atoms in total. The predicted molar refractivity (Wildman–Crippen MR) is 116 cm³/mol. The van der Waals surface area contributed by atoms with Crippen molar-refractivity contribution in [2.75, 3.05) is 31.3 Å². The molecule has 0 radical (unpaired) electrons. The van der Waals surface area contributed by atoms with Gasteiger partial charge in [-0.3, -0.25) is 9.59 Å². The van der Waals surface area contributed by atoms with E-state index in [1.807, 2.05) is 18.5 Å². The van der Waals surface area contributed by atoms with Gasteiger partial charge in [0.25, 0.3) is 11.8 Å². The van der Waals surface area contributed by atoms with Gasteiger partial charge in [-0.1, -0.05) is 6.07 Å². The van der Waals surface area contributed by atoms with Gasteiger partial charge in [-0.15, -0.1) is 11.3 Å². The Morgan fingerprint density at radius 3 is 2.24 bits per heavy atom. The van der Waals surface area contributed by atoms with Gasteiger partial charge in [-0.05, 0) is 60.0 Å². The summed E-state index contributed by atoms with van der Waals surface area (Å²) < 4.78 is 5.11. The number of hydrogen-bond acceptors (Lipinski definition) is 4. The van der Waals surface area contributed by atoms with Gasteiger partial charge in [0.05, 0.1) is 19.0 Å². The standard InChI is InChI=1S/C22H23N3O3S/c1-25(14-20-4-3-13-29-20)15-21(26)23-17-7-5-16(6-8-17)22(27)24-18-9-11-19(28-2)12-10-18/h3-13H,14-15H2,1-2H3,(H,23,26)(H,24,27)/p+1. The number of amides is 2. The highest BCUT2D eigenvalue weighted by molar-refractivity contribution is 7.09. The first-order valence-corrected chi connectivity index (χ1v) is 10.1. The number of carbonyl (C=O) groups is 2. The van der Waals surface area contributed by atoms with Gasteiger partial charge in [0, 0.05) is 16.9 Å². The lowest BCUT2D eigenvalue weighted by molar-refractivity contribution is -0.884. The van der Waals surface area contributed by atoms with Crippen molar-refractivity contribution in [2.24, 2.45) is 0 Å². The number of ether oxygens (including phenoxy) is 1. The third-order valence-electron chi connectivity index (χ3n) is 4.30. The summed E-state index contributed by atoms with van der Waals surface area (Å²) in [6.45, 7) is 1.19. The number of carbonyl (C=O) groups excluding carboxylic acids is 2. The van der Waals surface area contributed by atoms with Crippen LogP contribution < -0.4 is 20.3 Å². The summed E-state index contributed by atoms with van der Waals surface area (Å²) in [5, 5.41) is 7.75. The van der Waals surface area contributed by atoms with Gasteiger partial charge in [0.15, 0.2) is 6.54 Å². The van der Waals surface area contributed by atoms with Crippen molar-refractivity contribution < 1.29 is 19.2 Å². The Balaban J connectivity index is 1.50. The minimum atomic E-state index is -0.215. The minimum absolute atomic E-state index is 0.0607. The van der Waals surface area contributed by atoms with Crippen molar-refractivity contribution in [1.29, 1.82) is 0 Å². The van der Waals surface area contributed by atoms with E-state index in [1.165, 1.54) is 4.88 Å². The molecule has 0 bridgehead atoms. The fourth-order valence-electron chi connectivity index (χ4n) is 2.83. The van der Waals surface area contributed by atoms with E-state index in [2.05, 4.69) is 16.7 Å². The van der Waals surface area contributed by atoms with E-state index in [1.54, 1.807) is 67.0 Å². The van der Waals surface area contributed by atoms with Crippen molar-refractivity contribution in [3.05, 3.63) is 76.5 Å². The topological polar surface area (TPSA) is 71.9 Å². The maximum atomic E-state index is 12.4. The average Bonchev–Trinajstić information content (AvgIpc) is 3.21. The second kappa shape index (κ2) is 9.86. The molecule has 29 heavy (non-hydrogen) atoms. The van der Waals surface area contributed by atoms with Crippen LogP contribution in [0.1, 0.15) is 15.2 Å². The number of methoxy groups -OCH3 is 1. The molecular weight excluding hydrogens is 386 g/mol. The van der Waals surface area contributed by atoms with Gasteiger partial charge >= 0.3 is 0 Å². The molecule has 0 fully saturated rings. The first-order chi connectivity index (χ1) is 14.0. The third kappa shape index (κ3) is 6.17. The van der Waals surface area contributed by atoms with Crippen LogP contribution >= 0.6 is 11.3 Å². The molecule has 0 aliphatic heterocycles. The van der Waals surface area contributed by atoms with Crippen molar-refractivity contribution >= 4 is 34.5 Å². The molecule has 0 aliphatic carbocycles. The number of nitrogens with one attached hydrogen (secondary N) is 3. The zero-order valence-corrected chi connectivity index (χ0v) is 17.2. The second-order valence-corrected chi connectivity index (χ2v) is 7.73. The number of thiophene rings is 1. The molecule has 2 amide bonds. The predicted octanol–water partition coefficient (Wildman–Crippen LogP) is 2.66. The Labute approximate surface area is 174 Å². The molecular formula is C22H24N3O3S+. The van der Waals surface area contributed by atoms with Crippen LogP contribution in [0.5, 0.6) is 5.75 Å². The molecule has 1 aromatic heterocycles. The maximum absolute atomic E-state index is 12.4. The monoisotopic (exact) mass is 410 g/mol. The molecule has 1 unspecified atom stereocenters. The molecule has 0 spiro atoms. The SMILES string of the molecule is COc1ccc(NC(=O)c2ccc(NC(=O)C[NH+](C)Cc3cccs3)cc2)cc1. The van der Waals surface area contributed by atoms with Crippen LogP contribution in [0.3, 0.4) is 0 Å². The number of anilines is 2. The number of rotatable bonds is 8. The molecule has 1 heterocycles. The molecule has 2 aromatic carbocycles. The van der Waals surface area contributed by atoms with Crippen LogP contribution in [0.25, 0.3) is 0 Å². The Morgan fingerprint density at radius 1 is 0.966 bits per heavy atom. The van der Waals surface area contributed by atoms with Crippen LogP contribution in [-0.4, -0.2) is 32.5 Å². The third-order valence-corrected chi connectivity index (χ3v) is 5.17. The van der Waals surface area contributed by atoms with Crippen LogP contribution in [0.4, 0.5) is 11.4 Å². The number of likely N-dealkylation sites (N-methyl/N-ethyl adjacent to an activating group) is 1. The number of benzene rings is 2. The zero-order chi connectivity index (χ0) is 20.6. The van der Waals surface area contributed by atoms with Gasteiger partial charge in [0.1, 0.15) is 12.3 Å². The highest BCUT2D eigenvalue weighted by Gasteiger charge is 2.12. The van der Waals surface area contributed by atoms with Crippen LogP contribution in [-0.2, 0) is 11.3 Å². The van der Waals surface area contributed by atoms with Crippen molar-refractivity contribution in [3.8, 4) is 5.75 Å².